The second kappa shape index (κ2) is 9.86. The Morgan fingerprint density at radius 3 is 2.07 bits per heavy atom. The Morgan fingerprint density at radius 1 is 0.964 bits per heavy atom. The molecule has 0 heterocycles. The molecule has 0 radical (unpaired) electrons. The lowest BCUT2D eigenvalue weighted by Crippen LogP contribution is -2.23. The van der Waals surface area contributed by atoms with Crippen molar-refractivity contribution >= 4 is 0 Å². The Balaban J connectivity index is 1.47. The van der Waals surface area contributed by atoms with E-state index in [0.29, 0.717) is 0 Å². The molecule has 1 unspecified atom stereocenters. The van der Waals surface area contributed by atoms with E-state index in [1.54, 1.807) is 6.07 Å². The van der Waals surface area contributed by atoms with Gasteiger partial charge in [-0.15, -0.1) is 0 Å². The molecule has 0 aromatic heterocycles. The van der Waals surface area contributed by atoms with Crippen molar-refractivity contribution in [2.45, 2.75) is 90.4 Å². The summed E-state index contributed by atoms with van der Waals surface area (Å²) in [6.07, 6.45) is 14.0. The molecule has 28 heavy (non-hydrogen) atoms. The van der Waals surface area contributed by atoms with Crippen LogP contribution in [0.5, 0.6) is 0 Å². The maximum atomic E-state index is 13.9. The molecule has 0 amide bonds. The van der Waals surface area contributed by atoms with Crippen molar-refractivity contribution in [2.75, 3.05) is 0 Å². The monoisotopic (exact) mass is 387 g/mol. The van der Waals surface area contributed by atoms with E-state index >= 15 is 0 Å². The Bertz CT molecular complexity index is 653. The van der Waals surface area contributed by atoms with Gasteiger partial charge in [0.2, 0.25) is 0 Å². The van der Waals surface area contributed by atoms with Crippen LogP contribution in [0.1, 0.15) is 102 Å². The standard InChI is InChI=1S/C25H35F2N/c1-3-4-18-5-9-20(10-6-18)17(2)13-19-7-11-21(12-8-19)22-14-24(26)23(16-28)25(27)15-22/h14-15,17-21H,3-13H2,1-2H3. The van der Waals surface area contributed by atoms with Gasteiger partial charge < -0.3 is 0 Å². The summed E-state index contributed by atoms with van der Waals surface area (Å²) in [6.45, 7) is 4.74. The van der Waals surface area contributed by atoms with Crippen LogP contribution in [0.15, 0.2) is 12.1 Å². The Morgan fingerprint density at radius 2 is 1.54 bits per heavy atom. The van der Waals surface area contributed by atoms with Gasteiger partial charge in [-0.3, -0.25) is 0 Å². The lowest BCUT2D eigenvalue weighted by Gasteiger charge is -2.36. The third-order valence-corrected chi connectivity index (χ3v) is 7.59. The fourth-order valence-corrected chi connectivity index (χ4v) is 5.84. The van der Waals surface area contributed by atoms with E-state index in [0.717, 1.165) is 54.9 Å². The topological polar surface area (TPSA) is 23.8 Å². The Kier molecular flexibility index (Phi) is 7.49. The third kappa shape index (κ3) is 5.13. The first kappa shape index (κ1) is 21.3. The van der Waals surface area contributed by atoms with E-state index in [4.69, 9.17) is 5.26 Å². The van der Waals surface area contributed by atoms with Crippen LogP contribution in [-0.4, -0.2) is 0 Å². The molecule has 0 aliphatic heterocycles. The summed E-state index contributed by atoms with van der Waals surface area (Å²) in [5, 5.41) is 8.84. The molecule has 3 heteroatoms. The summed E-state index contributed by atoms with van der Waals surface area (Å²) in [5.41, 5.74) is 0.273. The van der Waals surface area contributed by atoms with Gasteiger partial charge >= 0.3 is 0 Å². The first-order chi connectivity index (χ1) is 13.5. The molecule has 3 rings (SSSR count). The number of rotatable bonds is 6. The van der Waals surface area contributed by atoms with Crippen molar-refractivity contribution in [3.8, 4) is 6.07 Å². The van der Waals surface area contributed by atoms with Crippen molar-refractivity contribution in [3.63, 3.8) is 0 Å². The molecular weight excluding hydrogens is 352 g/mol. The van der Waals surface area contributed by atoms with E-state index in [-0.39, 0.29) is 5.92 Å². The highest BCUT2D eigenvalue weighted by Crippen LogP contribution is 2.42. The van der Waals surface area contributed by atoms with Gasteiger partial charge in [-0.25, -0.2) is 8.78 Å². The summed E-state index contributed by atoms with van der Waals surface area (Å²) >= 11 is 0. The second-order valence-electron chi connectivity index (χ2n) is 9.47. The minimum atomic E-state index is -0.716. The molecule has 2 saturated carbocycles. The van der Waals surface area contributed by atoms with Crippen molar-refractivity contribution in [1.29, 1.82) is 5.26 Å². The zero-order chi connectivity index (χ0) is 20.1. The lowest BCUT2D eigenvalue weighted by molar-refractivity contribution is 0.169. The summed E-state index contributed by atoms with van der Waals surface area (Å²) in [4.78, 5) is 0. The quantitative estimate of drug-likeness (QED) is 0.489. The minimum absolute atomic E-state index is 0.229. The fourth-order valence-electron chi connectivity index (χ4n) is 5.84. The SMILES string of the molecule is CCCC1CCC(C(C)CC2CCC(c3cc(F)c(C#N)c(F)c3)CC2)CC1. The van der Waals surface area contributed by atoms with Crippen molar-refractivity contribution in [2.24, 2.45) is 23.7 Å². The van der Waals surface area contributed by atoms with E-state index in [1.165, 1.54) is 57.1 Å². The molecule has 1 atom stereocenters. The van der Waals surface area contributed by atoms with Gasteiger partial charge in [0, 0.05) is 0 Å². The summed E-state index contributed by atoms with van der Waals surface area (Å²) in [6, 6.07) is 4.37. The first-order valence-corrected chi connectivity index (χ1v) is 11.4. The smallest absolute Gasteiger partial charge is 0.144 e. The maximum Gasteiger partial charge on any atom is 0.144 e. The van der Waals surface area contributed by atoms with Crippen LogP contribution < -0.4 is 0 Å². The Hall–Kier alpha value is -1.43. The van der Waals surface area contributed by atoms with Gasteiger partial charge in [0.05, 0.1) is 0 Å². The van der Waals surface area contributed by atoms with Crippen molar-refractivity contribution in [1.82, 2.24) is 0 Å². The van der Waals surface area contributed by atoms with Gasteiger partial charge in [-0.2, -0.15) is 5.26 Å². The molecule has 154 valence electrons. The van der Waals surface area contributed by atoms with Gasteiger partial charge in [0.25, 0.3) is 0 Å². The number of halogens is 2. The van der Waals surface area contributed by atoms with Crippen LogP contribution in [0.25, 0.3) is 0 Å². The van der Waals surface area contributed by atoms with E-state index in [2.05, 4.69) is 13.8 Å². The average molecular weight is 388 g/mol. The van der Waals surface area contributed by atoms with E-state index < -0.39 is 17.2 Å². The highest BCUT2D eigenvalue weighted by Gasteiger charge is 2.29. The molecule has 0 saturated heterocycles. The van der Waals surface area contributed by atoms with Crippen LogP contribution in [0.4, 0.5) is 8.78 Å². The van der Waals surface area contributed by atoms with Gasteiger partial charge in [0.15, 0.2) is 0 Å². The number of nitrogens with zero attached hydrogens (tertiary/aromatic N) is 1. The molecular formula is C25H35F2N. The van der Waals surface area contributed by atoms with Crippen LogP contribution in [0, 0.1) is 46.6 Å². The molecule has 2 aliphatic carbocycles. The zero-order valence-electron chi connectivity index (χ0n) is 17.5. The molecule has 2 fully saturated rings. The maximum absolute atomic E-state index is 13.9. The molecule has 0 N–H and O–H groups in total. The summed E-state index contributed by atoms with van der Waals surface area (Å²) < 4.78 is 27.9. The largest absolute Gasteiger partial charge is 0.205 e. The van der Waals surface area contributed by atoms with Crippen molar-refractivity contribution in [3.05, 3.63) is 34.9 Å². The second-order valence-corrected chi connectivity index (χ2v) is 9.47. The van der Waals surface area contributed by atoms with Crippen LogP contribution in [0.3, 0.4) is 0 Å². The normalized spacial score (nSPS) is 29.2. The molecule has 2 aliphatic rings. The van der Waals surface area contributed by atoms with Gasteiger partial charge in [-0.05, 0) is 92.2 Å². The molecule has 0 spiro atoms. The van der Waals surface area contributed by atoms with Gasteiger partial charge in [0.1, 0.15) is 23.3 Å². The van der Waals surface area contributed by atoms with E-state index in [9.17, 15) is 8.78 Å². The third-order valence-electron chi connectivity index (χ3n) is 7.59. The van der Waals surface area contributed by atoms with E-state index in [1.807, 2.05) is 0 Å². The Labute approximate surface area is 169 Å². The minimum Gasteiger partial charge on any atom is -0.205 e. The highest BCUT2D eigenvalue weighted by molar-refractivity contribution is 5.36. The molecule has 1 aromatic carbocycles. The van der Waals surface area contributed by atoms with Crippen molar-refractivity contribution < 1.29 is 8.78 Å². The zero-order valence-corrected chi connectivity index (χ0v) is 17.5. The molecule has 1 nitrogen and oxygen atoms in total. The number of hydrogen-bond acceptors (Lipinski definition) is 1. The van der Waals surface area contributed by atoms with Gasteiger partial charge in [-0.1, -0.05) is 39.5 Å². The number of nitriles is 1. The summed E-state index contributed by atoms with van der Waals surface area (Å²) in [7, 11) is 0. The average Bonchev–Trinajstić information content (AvgIpc) is 2.69. The van der Waals surface area contributed by atoms with Crippen LogP contribution >= 0.6 is 0 Å². The van der Waals surface area contributed by atoms with Crippen LogP contribution in [-0.2, 0) is 0 Å². The predicted octanol–water partition coefficient (Wildman–Crippen LogP) is 7.74. The molecule has 1 aromatic rings. The first-order valence-electron chi connectivity index (χ1n) is 11.4. The number of benzene rings is 1. The lowest BCUT2D eigenvalue weighted by atomic mass is 9.70. The fraction of sp³-hybridized carbons (Fsp3) is 0.720. The molecule has 0 bridgehead atoms. The van der Waals surface area contributed by atoms with Crippen LogP contribution in [0.2, 0.25) is 0 Å². The summed E-state index contributed by atoms with van der Waals surface area (Å²) in [5.74, 6) is 2.22. The number of hydrogen-bond donors (Lipinski definition) is 0. The highest BCUT2D eigenvalue weighted by atomic mass is 19.1. The predicted molar refractivity (Wildman–Crippen MR) is 110 cm³/mol.